The van der Waals surface area contributed by atoms with E-state index in [2.05, 4.69) is 10.3 Å². The molecule has 2 heterocycles. The molecule has 5 nitrogen and oxygen atoms in total. The maximum atomic E-state index is 13.5. The van der Waals surface area contributed by atoms with Gasteiger partial charge in [0.2, 0.25) is 0 Å². The molecule has 0 spiro atoms. The highest BCUT2D eigenvalue weighted by Crippen LogP contribution is 2.26. The van der Waals surface area contributed by atoms with Crippen molar-refractivity contribution < 1.29 is 13.9 Å². The van der Waals surface area contributed by atoms with Gasteiger partial charge < -0.3 is 15.0 Å². The number of para-hydroxylation sites is 1. The standard InChI is InChI=1S/C16H15ClFN3O2/c17-12-3-1-2-4-15(12)23-11-6-8-21(10-11)16(22)20-14-5-7-19-9-13(14)18/h1-5,7,9,11H,6,8,10H2,(H,19,20,22). The van der Waals surface area contributed by atoms with Crippen molar-refractivity contribution in [2.24, 2.45) is 0 Å². The van der Waals surface area contributed by atoms with Crippen LogP contribution in [0.15, 0.2) is 42.7 Å². The number of likely N-dealkylation sites (tertiary alicyclic amines) is 1. The molecular weight excluding hydrogens is 321 g/mol. The van der Waals surface area contributed by atoms with E-state index in [-0.39, 0.29) is 17.8 Å². The monoisotopic (exact) mass is 335 g/mol. The van der Waals surface area contributed by atoms with Crippen LogP contribution in [-0.2, 0) is 0 Å². The van der Waals surface area contributed by atoms with Gasteiger partial charge in [0.15, 0.2) is 5.82 Å². The van der Waals surface area contributed by atoms with Gasteiger partial charge in [-0.3, -0.25) is 4.98 Å². The zero-order chi connectivity index (χ0) is 16.2. The van der Waals surface area contributed by atoms with Gasteiger partial charge in [-0.1, -0.05) is 23.7 Å². The first-order chi connectivity index (χ1) is 11.1. The Kier molecular flexibility index (Phi) is 4.62. The lowest BCUT2D eigenvalue weighted by Crippen LogP contribution is -2.34. The molecule has 0 saturated carbocycles. The summed E-state index contributed by atoms with van der Waals surface area (Å²) in [6.07, 6.45) is 3.04. The Morgan fingerprint density at radius 2 is 2.22 bits per heavy atom. The highest BCUT2D eigenvalue weighted by Gasteiger charge is 2.28. The van der Waals surface area contributed by atoms with E-state index < -0.39 is 5.82 Å². The number of carbonyl (C=O) groups is 1. The summed E-state index contributed by atoms with van der Waals surface area (Å²) in [4.78, 5) is 17.4. The van der Waals surface area contributed by atoms with Crippen molar-refractivity contribution in [3.8, 4) is 5.75 Å². The molecule has 3 rings (SSSR count). The van der Waals surface area contributed by atoms with Crippen molar-refractivity contribution in [3.05, 3.63) is 53.6 Å². The predicted octanol–water partition coefficient (Wildman–Crippen LogP) is 3.56. The van der Waals surface area contributed by atoms with Crippen LogP contribution in [0.1, 0.15) is 6.42 Å². The Balaban J connectivity index is 1.58. The first-order valence-electron chi connectivity index (χ1n) is 7.20. The maximum absolute atomic E-state index is 13.5. The normalized spacial score (nSPS) is 17.1. The molecule has 0 bridgehead atoms. The summed E-state index contributed by atoms with van der Waals surface area (Å²) < 4.78 is 19.3. The minimum atomic E-state index is -0.566. The van der Waals surface area contributed by atoms with Crippen LogP contribution in [0.2, 0.25) is 5.02 Å². The van der Waals surface area contributed by atoms with Gasteiger partial charge in [0.05, 0.1) is 23.5 Å². The van der Waals surface area contributed by atoms with Crippen LogP contribution >= 0.6 is 11.6 Å². The molecular formula is C16H15ClFN3O2. The fourth-order valence-electron chi connectivity index (χ4n) is 2.40. The van der Waals surface area contributed by atoms with Crippen LogP contribution in [0.3, 0.4) is 0 Å². The molecule has 1 N–H and O–H groups in total. The Morgan fingerprint density at radius 3 is 3.00 bits per heavy atom. The number of nitrogens with zero attached hydrogens (tertiary/aromatic N) is 2. The first-order valence-corrected chi connectivity index (χ1v) is 7.58. The third-order valence-electron chi connectivity index (χ3n) is 3.58. The second kappa shape index (κ2) is 6.83. The van der Waals surface area contributed by atoms with Crippen molar-refractivity contribution in [2.45, 2.75) is 12.5 Å². The third kappa shape index (κ3) is 3.71. The zero-order valence-corrected chi connectivity index (χ0v) is 13.0. The average Bonchev–Trinajstić information content (AvgIpc) is 3.01. The molecule has 0 aliphatic carbocycles. The van der Waals surface area contributed by atoms with Crippen LogP contribution in [0.5, 0.6) is 5.75 Å². The van der Waals surface area contributed by atoms with Gasteiger partial charge >= 0.3 is 6.03 Å². The number of hydrogen-bond acceptors (Lipinski definition) is 3. The van der Waals surface area contributed by atoms with Gasteiger partial charge in [-0.2, -0.15) is 0 Å². The van der Waals surface area contributed by atoms with Crippen LogP contribution in [0.4, 0.5) is 14.9 Å². The number of aromatic nitrogens is 1. The quantitative estimate of drug-likeness (QED) is 0.933. The molecule has 1 atom stereocenters. The Hall–Kier alpha value is -2.34. The number of rotatable bonds is 3. The van der Waals surface area contributed by atoms with E-state index in [9.17, 15) is 9.18 Å². The minimum absolute atomic E-state index is 0.112. The Labute approximate surface area is 138 Å². The number of benzene rings is 1. The second-order valence-electron chi connectivity index (χ2n) is 5.19. The summed E-state index contributed by atoms with van der Waals surface area (Å²) >= 11 is 6.06. The molecule has 1 aromatic heterocycles. The second-order valence-corrected chi connectivity index (χ2v) is 5.60. The summed E-state index contributed by atoms with van der Waals surface area (Å²) in [7, 11) is 0. The molecule has 1 unspecified atom stereocenters. The van der Waals surface area contributed by atoms with E-state index in [1.165, 1.54) is 12.3 Å². The highest BCUT2D eigenvalue weighted by molar-refractivity contribution is 6.32. The van der Waals surface area contributed by atoms with Crippen molar-refractivity contribution in [1.82, 2.24) is 9.88 Å². The highest BCUT2D eigenvalue weighted by atomic mass is 35.5. The summed E-state index contributed by atoms with van der Waals surface area (Å²) in [5.74, 6) is 0.0329. The number of ether oxygens (including phenoxy) is 1. The molecule has 1 fully saturated rings. The number of pyridine rings is 1. The number of nitrogens with one attached hydrogen (secondary N) is 1. The molecule has 7 heteroatoms. The topological polar surface area (TPSA) is 54.5 Å². The van der Waals surface area contributed by atoms with E-state index in [0.29, 0.717) is 30.3 Å². The third-order valence-corrected chi connectivity index (χ3v) is 3.89. The van der Waals surface area contributed by atoms with Crippen LogP contribution in [0.25, 0.3) is 0 Å². The van der Waals surface area contributed by atoms with E-state index >= 15 is 0 Å². The van der Waals surface area contributed by atoms with Gasteiger partial charge in [-0.15, -0.1) is 0 Å². The number of urea groups is 1. The van der Waals surface area contributed by atoms with E-state index in [4.69, 9.17) is 16.3 Å². The Morgan fingerprint density at radius 1 is 1.39 bits per heavy atom. The van der Waals surface area contributed by atoms with E-state index in [0.717, 1.165) is 6.20 Å². The number of halogens is 2. The molecule has 120 valence electrons. The maximum Gasteiger partial charge on any atom is 0.322 e. The Bertz CT molecular complexity index is 713. The number of anilines is 1. The largest absolute Gasteiger partial charge is 0.487 e. The average molecular weight is 336 g/mol. The molecule has 23 heavy (non-hydrogen) atoms. The fourth-order valence-corrected chi connectivity index (χ4v) is 2.58. The summed E-state index contributed by atoms with van der Waals surface area (Å²) in [6.45, 7) is 0.956. The molecule has 2 aromatic rings. The van der Waals surface area contributed by atoms with E-state index in [1.807, 2.05) is 12.1 Å². The number of amides is 2. The lowest BCUT2D eigenvalue weighted by Gasteiger charge is -2.18. The SMILES string of the molecule is O=C(Nc1ccncc1F)N1CCC(Oc2ccccc2Cl)C1. The van der Waals surface area contributed by atoms with Crippen LogP contribution < -0.4 is 10.1 Å². The number of hydrogen-bond donors (Lipinski definition) is 1. The van der Waals surface area contributed by atoms with Gasteiger partial charge in [0.25, 0.3) is 0 Å². The predicted molar refractivity (Wildman–Crippen MR) is 85.3 cm³/mol. The fraction of sp³-hybridized carbons (Fsp3) is 0.250. The first kappa shape index (κ1) is 15.6. The molecule has 1 aliphatic rings. The summed E-state index contributed by atoms with van der Waals surface area (Å²) in [5.41, 5.74) is 0.112. The molecule has 1 aromatic carbocycles. The molecule has 1 aliphatic heterocycles. The molecule has 0 radical (unpaired) electrons. The van der Waals surface area contributed by atoms with Crippen molar-refractivity contribution in [1.29, 1.82) is 0 Å². The van der Waals surface area contributed by atoms with Crippen LogP contribution in [0, 0.1) is 5.82 Å². The van der Waals surface area contributed by atoms with Crippen molar-refractivity contribution in [2.75, 3.05) is 18.4 Å². The van der Waals surface area contributed by atoms with E-state index in [1.54, 1.807) is 17.0 Å². The summed E-state index contributed by atoms with van der Waals surface area (Å²) in [6, 6.07) is 8.26. The van der Waals surface area contributed by atoms with Crippen molar-refractivity contribution >= 4 is 23.3 Å². The van der Waals surface area contributed by atoms with Gasteiger partial charge in [0, 0.05) is 19.2 Å². The lowest BCUT2D eigenvalue weighted by atomic mass is 10.3. The van der Waals surface area contributed by atoms with Gasteiger partial charge in [0.1, 0.15) is 11.9 Å². The zero-order valence-electron chi connectivity index (χ0n) is 12.2. The van der Waals surface area contributed by atoms with Crippen molar-refractivity contribution in [3.63, 3.8) is 0 Å². The smallest absolute Gasteiger partial charge is 0.322 e. The van der Waals surface area contributed by atoms with Gasteiger partial charge in [-0.25, -0.2) is 9.18 Å². The van der Waals surface area contributed by atoms with Crippen LogP contribution in [-0.4, -0.2) is 35.1 Å². The van der Waals surface area contributed by atoms with Gasteiger partial charge in [-0.05, 0) is 18.2 Å². The number of carbonyl (C=O) groups excluding carboxylic acids is 1. The summed E-state index contributed by atoms with van der Waals surface area (Å²) in [5, 5.41) is 3.07. The lowest BCUT2D eigenvalue weighted by molar-refractivity contribution is 0.195. The molecule has 2 amide bonds. The molecule has 1 saturated heterocycles. The minimum Gasteiger partial charge on any atom is -0.487 e.